The van der Waals surface area contributed by atoms with Crippen molar-refractivity contribution in [1.82, 2.24) is 0 Å². The van der Waals surface area contributed by atoms with Crippen LogP contribution >= 0.6 is 0 Å². The van der Waals surface area contributed by atoms with E-state index in [4.69, 9.17) is 9.47 Å². The van der Waals surface area contributed by atoms with E-state index in [0.29, 0.717) is 31.2 Å². The Morgan fingerprint density at radius 1 is 0.857 bits per heavy atom. The molecule has 2 saturated carbocycles. The van der Waals surface area contributed by atoms with Gasteiger partial charge in [0.15, 0.2) is 0 Å². The minimum atomic E-state index is 0.334. The van der Waals surface area contributed by atoms with Crippen molar-refractivity contribution in [3.63, 3.8) is 0 Å². The van der Waals surface area contributed by atoms with Gasteiger partial charge >= 0.3 is 0 Å². The van der Waals surface area contributed by atoms with Crippen molar-refractivity contribution in [2.24, 2.45) is 0 Å². The first-order valence-corrected chi connectivity index (χ1v) is 8.36. The summed E-state index contributed by atoms with van der Waals surface area (Å²) in [6.45, 7) is 1.09. The zero-order chi connectivity index (χ0) is 14.5. The molecule has 1 N–H and O–H groups in total. The minimum absolute atomic E-state index is 0.334. The molecule has 1 aromatic rings. The van der Waals surface area contributed by atoms with Gasteiger partial charge in [0.1, 0.15) is 5.75 Å². The van der Waals surface area contributed by atoms with E-state index in [0.717, 1.165) is 24.0 Å². The van der Waals surface area contributed by atoms with E-state index in [2.05, 4.69) is 0 Å². The molecule has 0 amide bonds. The number of hydrogen-bond donors (Lipinski definition) is 1. The predicted octanol–water partition coefficient (Wildman–Crippen LogP) is 4.31. The van der Waals surface area contributed by atoms with Gasteiger partial charge in [-0.15, -0.1) is 0 Å². The summed E-state index contributed by atoms with van der Waals surface area (Å²) in [7, 11) is 0. The first kappa shape index (κ1) is 14.9. The fourth-order valence-corrected chi connectivity index (χ4v) is 3.44. The summed E-state index contributed by atoms with van der Waals surface area (Å²) >= 11 is 0. The first-order valence-electron chi connectivity index (χ1n) is 8.36. The van der Waals surface area contributed by atoms with E-state index in [1.807, 2.05) is 12.1 Å². The SMILES string of the molecule is Oc1cccc(COC2CCCC2)c1COC1CCCC1. The van der Waals surface area contributed by atoms with Gasteiger partial charge in [0.25, 0.3) is 0 Å². The third-order valence-corrected chi connectivity index (χ3v) is 4.79. The molecule has 0 bridgehead atoms. The minimum Gasteiger partial charge on any atom is -0.508 e. The molecule has 3 rings (SSSR count). The highest BCUT2D eigenvalue weighted by Gasteiger charge is 2.19. The summed E-state index contributed by atoms with van der Waals surface area (Å²) in [5, 5.41) is 10.1. The van der Waals surface area contributed by atoms with Crippen molar-refractivity contribution in [1.29, 1.82) is 0 Å². The summed E-state index contributed by atoms with van der Waals surface area (Å²) in [6, 6.07) is 5.68. The Morgan fingerprint density at radius 2 is 1.43 bits per heavy atom. The Hall–Kier alpha value is -1.06. The van der Waals surface area contributed by atoms with Crippen LogP contribution in [0.4, 0.5) is 0 Å². The lowest BCUT2D eigenvalue weighted by molar-refractivity contribution is 0.0338. The van der Waals surface area contributed by atoms with Crippen LogP contribution in [-0.2, 0) is 22.7 Å². The topological polar surface area (TPSA) is 38.7 Å². The number of aromatic hydroxyl groups is 1. The molecular weight excluding hydrogens is 264 g/mol. The lowest BCUT2D eigenvalue weighted by Crippen LogP contribution is -2.11. The van der Waals surface area contributed by atoms with Gasteiger partial charge in [0.2, 0.25) is 0 Å². The normalized spacial score (nSPS) is 20.4. The maximum Gasteiger partial charge on any atom is 0.121 e. The summed E-state index contributed by atoms with van der Waals surface area (Å²) in [4.78, 5) is 0. The zero-order valence-electron chi connectivity index (χ0n) is 12.7. The smallest absolute Gasteiger partial charge is 0.121 e. The van der Waals surface area contributed by atoms with Crippen LogP contribution in [-0.4, -0.2) is 17.3 Å². The Kier molecular flexibility index (Phi) is 5.15. The summed E-state index contributed by atoms with van der Waals surface area (Å²) in [5.74, 6) is 0.334. The maximum absolute atomic E-state index is 10.1. The van der Waals surface area contributed by atoms with E-state index in [1.165, 1.54) is 38.5 Å². The van der Waals surface area contributed by atoms with Gasteiger partial charge in [-0.05, 0) is 37.3 Å². The Bertz CT molecular complexity index is 446. The highest BCUT2D eigenvalue weighted by atomic mass is 16.5. The monoisotopic (exact) mass is 290 g/mol. The predicted molar refractivity (Wildman–Crippen MR) is 82.2 cm³/mol. The molecule has 0 atom stereocenters. The van der Waals surface area contributed by atoms with Gasteiger partial charge in [-0.25, -0.2) is 0 Å². The second kappa shape index (κ2) is 7.28. The average Bonchev–Trinajstić information content (AvgIpc) is 3.17. The number of rotatable bonds is 6. The highest BCUT2D eigenvalue weighted by molar-refractivity contribution is 5.38. The third-order valence-electron chi connectivity index (χ3n) is 4.79. The van der Waals surface area contributed by atoms with Crippen molar-refractivity contribution in [3.05, 3.63) is 29.3 Å². The zero-order valence-corrected chi connectivity index (χ0v) is 12.7. The molecule has 0 unspecified atom stereocenters. The molecule has 0 heterocycles. The van der Waals surface area contributed by atoms with Gasteiger partial charge in [-0.3, -0.25) is 0 Å². The van der Waals surface area contributed by atoms with Crippen molar-refractivity contribution in [2.45, 2.75) is 76.8 Å². The number of hydrogen-bond acceptors (Lipinski definition) is 3. The van der Waals surface area contributed by atoms with Gasteiger partial charge in [-0.2, -0.15) is 0 Å². The summed E-state index contributed by atoms with van der Waals surface area (Å²) in [6.07, 6.45) is 10.5. The van der Waals surface area contributed by atoms with Crippen LogP contribution in [0.1, 0.15) is 62.5 Å². The molecule has 0 aromatic heterocycles. The quantitative estimate of drug-likeness (QED) is 0.848. The van der Waals surface area contributed by atoms with E-state index < -0.39 is 0 Å². The van der Waals surface area contributed by atoms with E-state index in [-0.39, 0.29) is 0 Å². The highest BCUT2D eigenvalue weighted by Crippen LogP contribution is 2.28. The first-order chi connectivity index (χ1) is 10.3. The van der Waals surface area contributed by atoms with Crippen LogP contribution in [0, 0.1) is 0 Å². The Balaban J connectivity index is 1.60. The fourth-order valence-electron chi connectivity index (χ4n) is 3.44. The summed E-state index contributed by atoms with van der Waals surface area (Å²) < 4.78 is 12.0. The molecule has 2 fully saturated rings. The van der Waals surface area contributed by atoms with Gasteiger partial charge in [0.05, 0.1) is 25.4 Å². The van der Waals surface area contributed by atoms with E-state index >= 15 is 0 Å². The molecule has 1 aromatic carbocycles. The number of benzene rings is 1. The molecule has 2 aliphatic rings. The van der Waals surface area contributed by atoms with Crippen molar-refractivity contribution in [3.8, 4) is 5.75 Å². The molecule has 21 heavy (non-hydrogen) atoms. The molecule has 116 valence electrons. The standard InChI is InChI=1S/C18H26O3/c19-18-11-5-6-14(12-20-15-7-1-2-8-15)17(18)13-21-16-9-3-4-10-16/h5-6,11,15-16,19H,1-4,7-10,12-13H2. The fraction of sp³-hybridized carbons (Fsp3) is 0.667. The molecule has 0 spiro atoms. The summed E-state index contributed by atoms with van der Waals surface area (Å²) in [5.41, 5.74) is 1.97. The van der Waals surface area contributed by atoms with E-state index in [9.17, 15) is 5.11 Å². The van der Waals surface area contributed by atoms with Crippen LogP contribution in [0.25, 0.3) is 0 Å². The Morgan fingerprint density at radius 3 is 2.05 bits per heavy atom. The third kappa shape index (κ3) is 3.98. The van der Waals surface area contributed by atoms with Crippen molar-refractivity contribution < 1.29 is 14.6 Å². The lowest BCUT2D eigenvalue weighted by Gasteiger charge is -2.17. The van der Waals surface area contributed by atoms with Crippen LogP contribution in [0.5, 0.6) is 5.75 Å². The molecule has 3 heteroatoms. The van der Waals surface area contributed by atoms with Crippen molar-refractivity contribution >= 4 is 0 Å². The molecule has 0 aliphatic heterocycles. The number of phenolic OH excluding ortho intramolecular Hbond substituents is 1. The van der Waals surface area contributed by atoms with Crippen LogP contribution in [0.2, 0.25) is 0 Å². The van der Waals surface area contributed by atoms with Gasteiger partial charge in [-0.1, -0.05) is 37.8 Å². The Labute approximate surface area is 127 Å². The average molecular weight is 290 g/mol. The van der Waals surface area contributed by atoms with Gasteiger partial charge < -0.3 is 14.6 Å². The second-order valence-corrected chi connectivity index (χ2v) is 6.35. The lowest BCUT2D eigenvalue weighted by atomic mass is 10.1. The largest absolute Gasteiger partial charge is 0.508 e. The number of ether oxygens (including phenoxy) is 2. The molecule has 2 aliphatic carbocycles. The van der Waals surface area contributed by atoms with Crippen LogP contribution < -0.4 is 0 Å². The molecular formula is C18H26O3. The second-order valence-electron chi connectivity index (χ2n) is 6.35. The molecule has 0 radical (unpaired) electrons. The van der Waals surface area contributed by atoms with E-state index in [1.54, 1.807) is 6.07 Å². The van der Waals surface area contributed by atoms with Crippen molar-refractivity contribution in [2.75, 3.05) is 0 Å². The number of phenols is 1. The molecule has 0 saturated heterocycles. The van der Waals surface area contributed by atoms with Crippen LogP contribution in [0.15, 0.2) is 18.2 Å². The molecule has 3 nitrogen and oxygen atoms in total. The van der Waals surface area contributed by atoms with Gasteiger partial charge in [0, 0.05) is 5.56 Å². The maximum atomic E-state index is 10.1. The van der Waals surface area contributed by atoms with Crippen LogP contribution in [0.3, 0.4) is 0 Å².